The maximum absolute atomic E-state index is 3.98. The van der Waals surface area contributed by atoms with Gasteiger partial charge in [-0.15, -0.1) is 11.7 Å². The van der Waals surface area contributed by atoms with Crippen molar-refractivity contribution < 1.29 is 0 Å². The summed E-state index contributed by atoms with van der Waals surface area (Å²) in [5.41, 5.74) is 1.12. The van der Waals surface area contributed by atoms with E-state index in [1.807, 2.05) is 0 Å². The van der Waals surface area contributed by atoms with Crippen LogP contribution in [0.3, 0.4) is 0 Å². The summed E-state index contributed by atoms with van der Waals surface area (Å²) in [6.07, 6.45) is 3.46. The van der Waals surface area contributed by atoms with Crippen LogP contribution in [0.2, 0.25) is 0 Å². The van der Waals surface area contributed by atoms with Gasteiger partial charge in [-0.2, -0.15) is 0 Å². The zero-order chi connectivity index (χ0) is 5.82. The number of nitrogens with one attached hydrogen (secondary N) is 1. The van der Waals surface area contributed by atoms with Gasteiger partial charge in [0.15, 0.2) is 0 Å². The van der Waals surface area contributed by atoms with Gasteiger partial charge in [0.2, 0.25) is 0 Å². The monoisotopic (exact) mass is 146 g/mol. The first kappa shape index (κ1) is 6.04. The molecule has 8 heavy (non-hydrogen) atoms. The topological polar surface area (TPSA) is 28.7 Å². The van der Waals surface area contributed by atoms with Gasteiger partial charge in [0, 0.05) is 17.6 Å². The van der Waals surface area contributed by atoms with Crippen molar-refractivity contribution in [3.63, 3.8) is 0 Å². The number of imidazole rings is 1. The van der Waals surface area contributed by atoms with Crippen LogP contribution in [-0.2, 0) is 5.75 Å². The number of rotatable bonds is 2. The number of aromatic nitrogens is 2. The molecule has 4 heteroatoms. The SMILES string of the molecule is SSCc1cnc[nH]1. The summed E-state index contributed by atoms with van der Waals surface area (Å²) in [5, 5.41) is 0. The Hall–Kier alpha value is -0.0900. The second kappa shape index (κ2) is 3.04. The minimum absolute atomic E-state index is 0.892. The van der Waals surface area contributed by atoms with E-state index in [2.05, 4.69) is 21.6 Å². The molecule has 0 aliphatic heterocycles. The molecule has 0 fully saturated rings. The average molecular weight is 146 g/mol. The van der Waals surface area contributed by atoms with Crippen molar-refractivity contribution in [2.24, 2.45) is 0 Å². The zero-order valence-corrected chi connectivity index (χ0v) is 5.88. The second-order valence-corrected chi connectivity index (χ2v) is 2.67. The first-order valence-corrected chi connectivity index (χ1v) is 4.21. The number of hydrogen-bond acceptors (Lipinski definition) is 3. The smallest absolute Gasteiger partial charge is 0.0921 e. The third kappa shape index (κ3) is 1.45. The van der Waals surface area contributed by atoms with Crippen LogP contribution in [0.1, 0.15) is 5.69 Å². The van der Waals surface area contributed by atoms with E-state index >= 15 is 0 Å². The van der Waals surface area contributed by atoms with Crippen LogP contribution in [0.15, 0.2) is 12.5 Å². The van der Waals surface area contributed by atoms with Gasteiger partial charge in [-0.25, -0.2) is 4.98 Å². The van der Waals surface area contributed by atoms with E-state index in [0.29, 0.717) is 0 Å². The molecule has 0 atom stereocenters. The molecule has 0 spiro atoms. The molecule has 2 nitrogen and oxygen atoms in total. The van der Waals surface area contributed by atoms with Crippen LogP contribution < -0.4 is 0 Å². The van der Waals surface area contributed by atoms with Crippen molar-refractivity contribution in [2.45, 2.75) is 5.75 Å². The van der Waals surface area contributed by atoms with Crippen LogP contribution >= 0.6 is 22.5 Å². The summed E-state index contributed by atoms with van der Waals surface area (Å²) >= 11 is 3.98. The molecule has 1 rings (SSSR count). The predicted octanol–water partition coefficient (Wildman–Crippen LogP) is 1.49. The van der Waals surface area contributed by atoms with E-state index in [1.165, 1.54) is 10.8 Å². The highest BCUT2D eigenvalue weighted by Crippen LogP contribution is 2.11. The highest BCUT2D eigenvalue weighted by Gasteiger charge is 1.87. The Bertz CT molecular complexity index is 138. The Labute approximate surface area is 56.9 Å². The van der Waals surface area contributed by atoms with Gasteiger partial charge in [-0.3, -0.25) is 0 Å². The van der Waals surface area contributed by atoms with Gasteiger partial charge < -0.3 is 4.98 Å². The first-order valence-electron chi connectivity index (χ1n) is 2.17. The van der Waals surface area contributed by atoms with Gasteiger partial charge >= 0.3 is 0 Å². The molecular weight excluding hydrogens is 140 g/mol. The largest absolute Gasteiger partial charge is 0.348 e. The van der Waals surface area contributed by atoms with E-state index < -0.39 is 0 Å². The van der Waals surface area contributed by atoms with Crippen molar-refractivity contribution in [2.75, 3.05) is 0 Å². The van der Waals surface area contributed by atoms with Gasteiger partial charge in [-0.05, 0) is 0 Å². The molecule has 1 heterocycles. The Morgan fingerprint density at radius 2 is 2.75 bits per heavy atom. The van der Waals surface area contributed by atoms with Gasteiger partial charge in [0.05, 0.1) is 6.33 Å². The summed E-state index contributed by atoms with van der Waals surface area (Å²) in [5.74, 6) is 0.892. The van der Waals surface area contributed by atoms with Crippen LogP contribution in [0.5, 0.6) is 0 Å². The Balaban J connectivity index is 2.50. The fourth-order valence-electron chi connectivity index (χ4n) is 0.433. The van der Waals surface area contributed by atoms with Crippen LogP contribution in [-0.4, -0.2) is 9.97 Å². The third-order valence-corrected chi connectivity index (χ3v) is 1.60. The zero-order valence-electron chi connectivity index (χ0n) is 4.16. The molecule has 44 valence electrons. The summed E-state index contributed by atoms with van der Waals surface area (Å²) in [6.45, 7) is 0. The molecule has 1 aromatic rings. The number of nitrogens with zero attached hydrogens (tertiary/aromatic N) is 1. The highest BCUT2D eigenvalue weighted by molar-refractivity contribution is 8.68. The molecule has 0 radical (unpaired) electrons. The van der Waals surface area contributed by atoms with Gasteiger partial charge in [0.1, 0.15) is 0 Å². The van der Waals surface area contributed by atoms with Crippen molar-refractivity contribution in [1.29, 1.82) is 0 Å². The lowest BCUT2D eigenvalue weighted by atomic mass is 10.6. The highest BCUT2D eigenvalue weighted by atomic mass is 33.1. The number of thiol groups is 1. The normalized spacial score (nSPS) is 9.62. The molecule has 1 N–H and O–H groups in total. The second-order valence-electron chi connectivity index (χ2n) is 1.35. The maximum Gasteiger partial charge on any atom is 0.0921 e. The molecule has 0 aliphatic carbocycles. The van der Waals surface area contributed by atoms with E-state index in [-0.39, 0.29) is 0 Å². The molecule has 1 aromatic heterocycles. The Morgan fingerprint density at radius 1 is 1.88 bits per heavy atom. The Morgan fingerprint density at radius 3 is 3.25 bits per heavy atom. The maximum atomic E-state index is 3.98. The van der Waals surface area contributed by atoms with Crippen LogP contribution in [0.4, 0.5) is 0 Å². The summed E-state index contributed by atoms with van der Waals surface area (Å²) in [7, 11) is 1.48. The fourth-order valence-corrected chi connectivity index (χ4v) is 1.15. The van der Waals surface area contributed by atoms with Crippen LogP contribution in [0.25, 0.3) is 0 Å². The number of hydrogen-bond donors (Lipinski definition) is 2. The first-order chi connectivity index (χ1) is 3.93. The minimum Gasteiger partial charge on any atom is -0.348 e. The van der Waals surface area contributed by atoms with Crippen molar-refractivity contribution in [3.8, 4) is 0 Å². The molecule has 0 saturated carbocycles. The molecule has 0 unspecified atom stereocenters. The average Bonchev–Trinajstić information content (AvgIpc) is 2.19. The molecule has 0 aliphatic rings. The Kier molecular flexibility index (Phi) is 2.29. The molecule has 0 saturated heterocycles. The van der Waals surface area contributed by atoms with E-state index in [9.17, 15) is 0 Å². The standard InChI is InChI=1S/C4H6N2S2/c7-8-2-4-1-5-3-6-4/h1,3,7H,2H2,(H,5,6). The lowest BCUT2D eigenvalue weighted by molar-refractivity contribution is 1.23. The molecule has 0 amide bonds. The summed E-state index contributed by atoms with van der Waals surface area (Å²) in [6, 6.07) is 0. The van der Waals surface area contributed by atoms with Gasteiger partial charge in [-0.1, -0.05) is 10.8 Å². The van der Waals surface area contributed by atoms with Crippen molar-refractivity contribution in [3.05, 3.63) is 18.2 Å². The van der Waals surface area contributed by atoms with E-state index in [0.717, 1.165) is 11.4 Å². The summed E-state index contributed by atoms with van der Waals surface area (Å²) < 4.78 is 0. The van der Waals surface area contributed by atoms with Gasteiger partial charge in [0.25, 0.3) is 0 Å². The quantitative estimate of drug-likeness (QED) is 0.489. The molecule has 0 aromatic carbocycles. The van der Waals surface area contributed by atoms with Crippen molar-refractivity contribution >= 4 is 22.5 Å². The minimum atomic E-state index is 0.892. The van der Waals surface area contributed by atoms with E-state index in [1.54, 1.807) is 12.5 Å². The fraction of sp³-hybridized carbons (Fsp3) is 0.250. The van der Waals surface area contributed by atoms with Crippen molar-refractivity contribution in [1.82, 2.24) is 9.97 Å². The lowest BCUT2D eigenvalue weighted by Crippen LogP contribution is -1.72. The number of aromatic amines is 1. The molecule has 0 bridgehead atoms. The van der Waals surface area contributed by atoms with Crippen LogP contribution in [0, 0.1) is 0 Å². The summed E-state index contributed by atoms with van der Waals surface area (Å²) in [4.78, 5) is 6.80. The predicted molar refractivity (Wildman–Crippen MR) is 38.9 cm³/mol. The third-order valence-electron chi connectivity index (χ3n) is 0.775. The van der Waals surface area contributed by atoms with E-state index in [4.69, 9.17) is 0 Å². The number of H-pyrrole nitrogens is 1. The lowest BCUT2D eigenvalue weighted by Gasteiger charge is -1.85. The molecular formula is C4H6N2S2.